The van der Waals surface area contributed by atoms with Crippen LogP contribution in [0.4, 0.5) is 5.69 Å². The lowest BCUT2D eigenvalue weighted by Gasteiger charge is -2.38. The average Bonchev–Trinajstić information content (AvgIpc) is 2.86. The van der Waals surface area contributed by atoms with E-state index in [4.69, 9.17) is 4.74 Å². The van der Waals surface area contributed by atoms with Crippen LogP contribution in [0.1, 0.15) is 42.6 Å². The molecule has 9 heteroatoms. The monoisotopic (exact) mass is 511 g/mol. The summed E-state index contributed by atoms with van der Waals surface area (Å²) >= 11 is 0. The predicted octanol–water partition coefficient (Wildman–Crippen LogP) is 2.71. The van der Waals surface area contributed by atoms with E-state index in [0.29, 0.717) is 36.5 Å². The van der Waals surface area contributed by atoms with Gasteiger partial charge in [0.25, 0.3) is 5.91 Å². The van der Waals surface area contributed by atoms with Gasteiger partial charge in [0.1, 0.15) is 11.9 Å². The van der Waals surface area contributed by atoms with Crippen molar-refractivity contribution in [1.29, 1.82) is 0 Å². The predicted molar refractivity (Wildman–Crippen MR) is 145 cm³/mol. The fourth-order valence-corrected chi connectivity index (χ4v) is 4.47. The molecule has 202 valence electrons. The molecule has 2 heterocycles. The molecule has 0 saturated carbocycles. The van der Waals surface area contributed by atoms with E-state index in [1.54, 1.807) is 35.5 Å². The summed E-state index contributed by atoms with van der Waals surface area (Å²) in [5, 5.41) is 12.8. The largest absolute Gasteiger partial charge is 0.488 e. The molecule has 0 spiro atoms. The number of aliphatic hydroxyl groups excluding tert-OH is 1. The van der Waals surface area contributed by atoms with Gasteiger partial charge in [0.2, 0.25) is 5.91 Å². The van der Waals surface area contributed by atoms with Crippen LogP contribution in [0.3, 0.4) is 0 Å². The Kier molecular flexibility index (Phi) is 10.4. The van der Waals surface area contributed by atoms with Gasteiger partial charge in [-0.05, 0) is 76.9 Å². The van der Waals surface area contributed by atoms with Crippen LogP contribution in [0, 0.1) is 5.92 Å². The third-order valence-corrected chi connectivity index (χ3v) is 6.65. The summed E-state index contributed by atoms with van der Waals surface area (Å²) in [5.74, 6) is 0.211. The van der Waals surface area contributed by atoms with Gasteiger partial charge >= 0.3 is 0 Å². The number of aromatic nitrogens is 1. The van der Waals surface area contributed by atoms with Crippen LogP contribution in [0.2, 0.25) is 0 Å². The van der Waals surface area contributed by atoms with Gasteiger partial charge in [-0.3, -0.25) is 19.5 Å². The van der Waals surface area contributed by atoms with Crippen LogP contribution in [-0.4, -0.2) is 96.1 Å². The number of carbonyl (C=O) groups is 2. The lowest BCUT2D eigenvalue weighted by Crippen LogP contribution is -2.49. The first-order valence-corrected chi connectivity index (χ1v) is 12.9. The summed E-state index contributed by atoms with van der Waals surface area (Å²) in [7, 11) is 6.00. The van der Waals surface area contributed by atoms with Crippen LogP contribution >= 0.6 is 0 Å². The summed E-state index contributed by atoms with van der Waals surface area (Å²) in [6.07, 6.45) is 4.54. The number of aliphatic hydroxyl groups is 1. The SMILES string of the molecule is C[C@H]1CN([C@@H](C)CO)C(=O)c2cc(NC(=O)CCCN(C)C)ccc2O[C@@H]1CN(C)Cc1ccncc1. The van der Waals surface area contributed by atoms with Crippen LogP contribution < -0.4 is 10.1 Å². The van der Waals surface area contributed by atoms with Crippen LogP contribution in [0.15, 0.2) is 42.7 Å². The molecule has 0 saturated heterocycles. The molecule has 0 radical (unpaired) electrons. The summed E-state index contributed by atoms with van der Waals surface area (Å²) in [5.41, 5.74) is 2.11. The average molecular weight is 512 g/mol. The smallest absolute Gasteiger partial charge is 0.258 e. The van der Waals surface area contributed by atoms with E-state index >= 15 is 0 Å². The number of hydrogen-bond acceptors (Lipinski definition) is 7. The minimum atomic E-state index is -0.347. The molecule has 2 aromatic rings. The highest BCUT2D eigenvalue weighted by Crippen LogP contribution is 2.31. The topological polar surface area (TPSA) is 98.2 Å². The highest BCUT2D eigenvalue weighted by atomic mass is 16.5. The molecule has 3 atom stereocenters. The number of carbonyl (C=O) groups excluding carboxylic acids is 2. The summed E-state index contributed by atoms with van der Waals surface area (Å²) in [6, 6.07) is 8.87. The van der Waals surface area contributed by atoms with Crippen molar-refractivity contribution >= 4 is 17.5 Å². The number of nitrogens with zero attached hydrogens (tertiary/aromatic N) is 4. The molecule has 3 rings (SSSR count). The number of ether oxygens (including phenoxy) is 1. The van der Waals surface area contributed by atoms with Gasteiger partial charge < -0.3 is 25.0 Å². The zero-order valence-electron chi connectivity index (χ0n) is 22.7. The number of fused-ring (bicyclic) bond motifs is 1. The number of anilines is 1. The van der Waals surface area contributed by atoms with Gasteiger partial charge in [-0.2, -0.15) is 0 Å². The second kappa shape index (κ2) is 13.5. The quantitative estimate of drug-likeness (QED) is 0.479. The Morgan fingerprint density at radius 1 is 1.24 bits per heavy atom. The van der Waals surface area contributed by atoms with Gasteiger partial charge in [-0.25, -0.2) is 0 Å². The zero-order chi connectivity index (χ0) is 26.9. The molecule has 0 bridgehead atoms. The standard InChI is InChI=1S/C28H41N5O4/c1-20-16-33(21(2)19-34)28(36)24-15-23(30-27(35)7-6-14-31(3)4)8-9-25(24)37-26(20)18-32(5)17-22-10-12-29-13-11-22/h8-13,15,20-21,26,34H,6-7,14,16-19H2,1-5H3,(H,30,35)/t20-,21-,26+/m0/s1. The van der Waals surface area contributed by atoms with Gasteiger partial charge in [0, 0.05) is 50.1 Å². The van der Waals surface area contributed by atoms with Crippen molar-refractivity contribution in [2.45, 2.75) is 45.4 Å². The van der Waals surface area contributed by atoms with Crippen molar-refractivity contribution in [2.75, 3.05) is 52.7 Å². The van der Waals surface area contributed by atoms with Gasteiger partial charge in [-0.1, -0.05) is 6.92 Å². The molecule has 37 heavy (non-hydrogen) atoms. The molecule has 2 N–H and O–H groups in total. The van der Waals surface area contributed by atoms with Gasteiger partial charge in [0.05, 0.1) is 18.2 Å². The molecule has 1 aliphatic heterocycles. The van der Waals surface area contributed by atoms with Crippen LogP contribution in [-0.2, 0) is 11.3 Å². The Morgan fingerprint density at radius 3 is 2.65 bits per heavy atom. The van der Waals surface area contributed by atoms with Crippen molar-refractivity contribution < 1.29 is 19.4 Å². The zero-order valence-corrected chi connectivity index (χ0v) is 22.7. The Hall–Kier alpha value is -3.01. The van der Waals surface area contributed by atoms with Gasteiger partial charge in [-0.15, -0.1) is 0 Å². The first-order valence-electron chi connectivity index (χ1n) is 12.9. The Bertz CT molecular complexity index is 1030. The fraction of sp³-hybridized carbons (Fsp3) is 0.536. The first-order chi connectivity index (χ1) is 17.7. The second-order valence-electron chi connectivity index (χ2n) is 10.3. The molecule has 1 aliphatic rings. The number of benzene rings is 1. The summed E-state index contributed by atoms with van der Waals surface area (Å²) in [4.78, 5) is 36.1. The van der Waals surface area contributed by atoms with E-state index in [9.17, 15) is 14.7 Å². The number of hydrogen-bond donors (Lipinski definition) is 2. The van der Waals surface area contributed by atoms with Crippen molar-refractivity contribution in [3.8, 4) is 5.75 Å². The highest BCUT2D eigenvalue weighted by Gasteiger charge is 2.33. The third kappa shape index (κ3) is 8.24. The van der Waals surface area contributed by atoms with E-state index in [1.807, 2.05) is 45.1 Å². The van der Waals surface area contributed by atoms with Crippen molar-refractivity contribution in [3.63, 3.8) is 0 Å². The van der Waals surface area contributed by atoms with E-state index < -0.39 is 0 Å². The van der Waals surface area contributed by atoms with E-state index in [-0.39, 0.29) is 36.5 Å². The Balaban J connectivity index is 1.82. The molecule has 9 nitrogen and oxygen atoms in total. The Labute approximate surface area is 220 Å². The Morgan fingerprint density at radius 2 is 1.97 bits per heavy atom. The van der Waals surface area contributed by atoms with E-state index in [2.05, 4.69) is 22.1 Å². The van der Waals surface area contributed by atoms with Crippen LogP contribution in [0.25, 0.3) is 0 Å². The maximum Gasteiger partial charge on any atom is 0.258 e. The number of amides is 2. The molecular formula is C28H41N5O4. The molecular weight excluding hydrogens is 470 g/mol. The molecule has 1 aromatic heterocycles. The molecule has 0 unspecified atom stereocenters. The third-order valence-electron chi connectivity index (χ3n) is 6.65. The molecule has 0 aliphatic carbocycles. The minimum Gasteiger partial charge on any atom is -0.488 e. The number of likely N-dealkylation sites (N-methyl/N-ethyl adjacent to an activating group) is 1. The number of pyridine rings is 1. The number of nitrogens with one attached hydrogen (secondary N) is 1. The van der Waals surface area contributed by atoms with Gasteiger partial charge in [0.15, 0.2) is 0 Å². The second-order valence-corrected chi connectivity index (χ2v) is 10.3. The lowest BCUT2D eigenvalue weighted by molar-refractivity contribution is -0.116. The summed E-state index contributed by atoms with van der Waals surface area (Å²) in [6.45, 7) is 6.46. The minimum absolute atomic E-state index is 0.0297. The molecule has 0 fully saturated rings. The van der Waals surface area contributed by atoms with Crippen LogP contribution in [0.5, 0.6) is 5.75 Å². The summed E-state index contributed by atoms with van der Waals surface area (Å²) < 4.78 is 6.46. The van der Waals surface area contributed by atoms with Crippen molar-refractivity contribution in [3.05, 3.63) is 53.9 Å². The highest BCUT2D eigenvalue weighted by molar-refractivity contribution is 5.99. The van der Waals surface area contributed by atoms with Crippen molar-refractivity contribution in [2.24, 2.45) is 5.92 Å². The first kappa shape index (κ1) is 28.6. The lowest BCUT2D eigenvalue weighted by atomic mass is 9.99. The number of rotatable bonds is 11. The molecule has 2 amide bonds. The molecule has 1 aromatic carbocycles. The normalized spacial score (nSPS) is 18.7. The van der Waals surface area contributed by atoms with Crippen molar-refractivity contribution in [1.82, 2.24) is 19.7 Å². The van der Waals surface area contributed by atoms with E-state index in [1.165, 1.54) is 0 Å². The fourth-order valence-electron chi connectivity index (χ4n) is 4.47. The van der Waals surface area contributed by atoms with E-state index in [0.717, 1.165) is 25.1 Å². The maximum absolute atomic E-state index is 13.6. The maximum atomic E-state index is 13.6.